The van der Waals surface area contributed by atoms with E-state index in [9.17, 15) is 4.79 Å². The molecule has 0 aromatic heterocycles. The molecule has 1 fully saturated rings. The second-order valence-electron chi connectivity index (χ2n) is 5.27. The molecule has 0 unspecified atom stereocenters. The van der Waals surface area contributed by atoms with Crippen molar-refractivity contribution in [3.05, 3.63) is 81.2 Å². The fraction of sp³-hybridized carbons (Fsp3) is 0.0526. The topological polar surface area (TPSA) is 20.3 Å². The third-order valence-corrected chi connectivity index (χ3v) is 5.41. The van der Waals surface area contributed by atoms with E-state index in [1.807, 2.05) is 73.7 Å². The Kier molecular flexibility index (Phi) is 5.33. The normalized spacial score (nSPS) is 17.0. The average Bonchev–Trinajstić information content (AvgIpc) is 2.83. The third-order valence-electron chi connectivity index (χ3n) is 3.44. The van der Waals surface area contributed by atoms with E-state index in [4.69, 9.17) is 12.2 Å². The number of thiocarbonyl (C=S) groups is 1. The van der Waals surface area contributed by atoms with Crippen LogP contribution in [-0.2, 0) is 4.79 Å². The smallest absolute Gasteiger partial charge is 0.268 e. The van der Waals surface area contributed by atoms with E-state index in [0.717, 1.165) is 21.3 Å². The van der Waals surface area contributed by atoms with Crippen molar-refractivity contribution in [3.8, 4) is 0 Å². The molecule has 5 heteroatoms. The highest BCUT2D eigenvalue weighted by atomic mass is 79.9. The number of nitrogens with zero attached hydrogens (tertiary/aromatic N) is 1. The molecule has 2 aromatic carbocycles. The van der Waals surface area contributed by atoms with Gasteiger partial charge in [0.1, 0.15) is 0 Å². The van der Waals surface area contributed by atoms with Gasteiger partial charge in [-0.2, -0.15) is 0 Å². The lowest BCUT2D eigenvalue weighted by Gasteiger charge is -2.15. The second kappa shape index (κ2) is 7.47. The molecule has 1 aliphatic heterocycles. The Morgan fingerprint density at radius 3 is 2.50 bits per heavy atom. The van der Waals surface area contributed by atoms with Gasteiger partial charge in [-0.1, -0.05) is 72.5 Å². The van der Waals surface area contributed by atoms with Crippen molar-refractivity contribution in [2.75, 3.05) is 4.90 Å². The summed E-state index contributed by atoms with van der Waals surface area (Å²) in [7, 11) is 0. The number of benzene rings is 2. The van der Waals surface area contributed by atoms with Crippen molar-refractivity contribution in [1.29, 1.82) is 0 Å². The summed E-state index contributed by atoms with van der Waals surface area (Å²) in [5, 5.41) is 0. The predicted molar refractivity (Wildman–Crippen MR) is 110 cm³/mol. The molecule has 1 saturated heterocycles. The van der Waals surface area contributed by atoms with Gasteiger partial charge in [0.15, 0.2) is 4.32 Å². The van der Waals surface area contributed by atoms with Crippen molar-refractivity contribution in [2.24, 2.45) is 0 Å². The van der Waals surface area contributed by atoms with Crippen LogP contribution in [0, 0.1) is 0 Å². The van der Waals surface area contributed by atoms with Gasteiger partial charge < -0.3 is 0 Å². The van der Waals surface area contributed by atoms with E-state index in [-0.39, 0.29) is 5.91 Å². The molecule has 3 rings (SSSR count). The molecule has 0 atom stereocenters. The summed E-state index contributed by atoms with van der Waals surface area (Å²) in [5.41, 5.74) is 2.88. The minimum absolute atomic E-state index is 0.0855. The summed E-state index contributed by atoms with van der Waals surface area (Å²) in [6, 6.07) is 17.6. The molecule has 0 bridgehead atoms. The van der Waals surface area contributed by atoms with Crippen LogP contribution in [-0.4, -0.2) is 10.2 Å². The summed E-state index contributed by atoms with van der Waals surface area (Å²) in [6.45, 7) is 1.98. The SMILES string of the molecule is CC(=C/c1ccccc1)/C=C1\SC(=S)N(c2ccccc2Br)C1=O. The van der Waals surface area contributed by atoms with Gasteiger partial charge in [0.2, 0.25) is 0 Å². The largest absolute Gasteiger partial charge is 0.270 e. The van der Waals surface area contributed by atoms with Gasteiger partial charge in [-0.25, -0.2) is 0 Å². The molecule has 0 spiro atoms. The van der Waals surface area contributed by atoms with Gasteiger partial charge in [-0.15, -0.1) is 0 Å². The molecule has 24 heavy (non-hydrogen) atoms. The average molecular weight is 416 g/mol. The Hall–Kier alpha value is -1.69. The van der Waals surface area contributed by atoms with E-state index in [0.29, 0.717) is 9.23 Å². The highest BCUT2D eigenvalue weighted by molar-refractivity contribution is 9.10. The second-order valence-corrected chi connectivity index (χ2v) is 7.80. The monoisotopic (exact) mass is 415 g/mol. The van der Waals surface area contributed by atoms with Crippen LogP contribution in [0.3, 0.4) is 0 Å². The Morgan fingerprint density at radius 1 is 1.12 bits per heavy atom. The predicted octanol–water partition coefficient (Wildman–Crippen LogP) is 5.80. The summed E-state index contributed by atoms with van der Waals surface area (Å²) in [6.07, 6.45) is 3.94. The standard InChI is InChI=1S/C19H14BrNOS2/c1-13(11-14-7-3-2-4-8-14)12-17-18(22)21(19(23)24-17)16-10-6-5-9-15(16)20/h2-12H,1H3/b13-11-,17-12-. The van der Waals surface area contributed by atoms with E-state index in [2.05, 4.69) is 15.9 Å². The molecule has 0 N–H and O–H groups in total. The van der Waals surface area contributed by atoms with E-state index >= 15 is 0 Å². The van der Waals surface area contributed by atoms with Crippen LogP contribution in [0.4, 0.5) is 5.69 Å². The fourth-order valence-corrected chi connectivity index (χ4v) is 4.17. The maximum absolute atomic E-state index is 12.8. The van der Waals surface area contributed by atoms with Crippen molar-refractivity contribution in [1.82, 2.24) is 0 Å². The quantitative estimate of drug-likeness (QED) is 0.466. The van der Waals surface area contributed by atoms with Crippen LogP contribution in [0.1, 0.15) is 12.5 Å². The number of halogens is 1. The first-order valence-electron chi connectivity index (χ1n) is 7.32. The number of hydrogen-bond donors (Lipinski definition) is 0. The summed E-state index contributed by atoms with van der Waals surface area (Å²) in [4.78, 5) is 15.0. The van der Waals surface area contributed by atoms with Crippen molar-refractivity contribution in [2.45, 2.75) is 6.92 Å². The van der Waals surface area contributed by atoms with Crippen LogP contribution < -0.4 is 4.90 Å². The number of anilines is 1. The van der Waals surface area contributed by atoms with E-state index in [1.165, 1.54) is 11.8 Å². The van der Waals surface area contributed by atoms with Gasteiger partial charge in [-0.3, -0.25) is 9.69 Å². The molecule has 120 valence electrons. The Morgan fingerprint density at radius 2 is 1.79 bits per heavy atom. The number of rotatable bonds is 3. The minimum atomic E-state index is -0.0855. The summed E-state index contributed by atoms with van der Waals surface area (Å²) in [5.74, 6) is -0.0855. The number of carbonyl (C=O) groups is 1. The number of carbonyl (C=O) groups excluding carboxylic acids is 1. The molecule has 0 saturated carbocycles. The van der Waals surface area contributed by atoms with Crippen LogP contribution in [0.5, 0.6) is 0 Å². The fourth-order valence-electron chi connectivity index (χ4n) is 2.37. The molecule has 1 amide bonds. The molecule has 0 radical (unpaired) electrons. The highest BCUT2D eigenvalue weighted by Crippen LogP contribution is 2.38. The van der Waals surface area contributed by atoms with Gasteiger partial charge in [-0.05, 0) is 52.2 Å². The van der Waals surface area contributed by atoms with Gasteiger partial charge in [0.25, 0.3) is 5.91 Å². The zero-order chi connectivity index (χ0) is 17.1. The van der Waals surface area contributed by atoms with Crippen LogP contribution >= 0.6 is 39.9 Å². The maximum atomic E-state index is 12.8. The van der Waals surface area contributed by atoms with E-state index < -0.39 is 0 Å². The van der Waals surface area contributed by atoms with E-state index in [1.54, 1.807) is 4.90 Å². The summed E-state index contributed by atoms with van der Waals surface area (Å²) >= 11 is 10.2. The van der Waals surface area contributed by atoms with Gasteiger partial charge >= 0.3 is 0 Å². The zero-order valence-corrected chi connectivity index (χ0v) is 16.1. The van der Waals surface area contributed by atoms with Crippen LogP contribution in [0.2, 0.25) is 0 Å². The third kappa shape index (κ3) is 3.69. The molecular weight excluding hydrogens is 402 g/mol. The number of amides is 1. The van der Waals surface area contributed by atoms with Gasteiger partial charge in [0, 0.05) is 4.47 Å². The first kappa shape index (κ1) is 17.1. The maximum Gasteiger partial charge on any atom is 0.270 e. The Bertz CT molecular complexity index is 859. The van der Waals surface area contributed by atoms with Gasteiger partial charge in [0.05, 0.1) is 10.6 Å². The Labute approximate surface area is 159 Å². The molecule has 2 nitrogen and oxygen atoms in total. The van der Waals surface area contributed by atoms with Crippen LogP contribution in [0.25, 0.3) is 6.08 Å². The number of para-hydroxylation sites is 1. The first-order chi connectivity index (χ1) is 11.6. The van der Waals surface area contributed by atoms with Crippen LogP contribution in [0.15, 0.2) is 75.6 Å². The Balaban J connectivity index is 1.89. The molecule has 0 aliphatic carbocycles. The minimum Gasteiger partial charge on any atom is -0.268 e. The molecular formula is C19H14BrNOS2. The lowest BCUT2D eigenvalue weighted by molar-refractivity contribution is -0.113. The number of thioether (sulfide) groups is 1. The summed E-state index contributed by atoms with van der Waals surface area (Å²) < 4.78 is 1.39. The highest BCUT2D eigenvalue weighted by Gasteiger charge is 2.34. The first-order valence-corrected chi connectivity index (χ1v) is 9.34. The number of allylic oxidation sites excluding steroid dienone is 2. The molecule has 1 aliphatic rings. The zero-order valence-electron chi connectivity index (χ0n) is 12.9. The van der Waals surface area contributed by atoms with Crippen molar-refractivity contribution in [3.63, 3.8) is 0 Å². The molecule has 2 aromatic rings. The lowest BCUT2D eigenvalue weighted by atomic mass is 10.1. The van der Waals surface area contributed by atoms with Crippen molar-refractivity contribution < 1.29 is 4.79 Å². The lowest BCUT2D eigenvalue weighted by Crippen LogP contribution is -2.27. The van der Waals surface area contributed by atoms with Crippen molar-refractivity contribution >= 4 is 61.9 Å². The molecule has 1 heterocycles. The number of hydrogen-bond acceptors (Lipinski definition) is 3.